The van der Waals surface area contributed by atoms with E-state index in [1.807, 2.05) is 0 Å². The van der Waals surface area contributed by atoms with Crippen LogP contribution in [0.5, 0.6) is 0 Å². The largest absolute Gasteiger partial charge is 0 e. The summed E-state index contributed by atoms with van der Waals surface area (Å²) in [4.78, 5) is 0. The summed E-state index contributed by atoms with van der Waals surface area (Å²) in [5.41, 5.74) is 0. The van der Waals surface area contributed by atoms with Crippen LogP contribution in [-0.4, -0.2) is 50.6 Å². The molecule has 0 nitrogen and oxygen atoms in total. The Morgan fingerprint density at radius 2 is 1.00 bits per heavy atom. The maximum absolute atomic E-state index is 0. The van der Waals surface area contributed by atoms with E-state index in [0.29, 0.717) is 0 Å². The zero-order valence-electron chi connectivity index (χ0n) is 1.57. The van der Waals surface area contributed by atoms with Crippen molar-refractivity contribution in [1.29, 1.82) is 0 Å². The van der Waals surface area contributed by atoms with Crippen molar-refractivity contribution in [3.8, 4) is 0 Å². The van der Waals surface area contributed by atoms with Crippen LogP contribution in [0.25, 0.3) is 0 Å². The molecular formula is BiCuMnSb. The van der Waals surface area contributed by atoms with Gasteiger partial charge in [-0.15, -0.1) is 0 Å². The molecule has 0 bridgehead atoms. The molecular weight excluding hydrogens is 449 g/mol. The molecule has 0 saturated heterocycles. The first-order valence-corrected chi connectivity index (χ1v) is 0. The molecule has 0 amide bonds. The molecule has 8 radical (unpaired) electrons. The average Bonchev–Trinajstić information content (AvgIpc) is 0. The molecule has 0 aliphatic heterocycles. The Morgan fingerprint density at radius 3 is 1.00 bits per heavy atom. The molecule has 0 spiro atoms. The predicted molar refractivity (Wildman–Crippen MR) is 11.5 cm³/mol. The Hall–Kier alpha value is 2.74. The summed E-state index contributed by atoms with van der Waals surface area (Å²) in [6.07, 6.45) is 0. The predicted octanol–water partition coefficient (Wildman–Crippen LogP) is -0.767. The van der Waals surface area contributed by atoms with Crippen molar-refractivity contribution in [3.05, 3.63) is 0 Å². The van der Waals surface area contributed by atoms with Gasteiger partial charge in [0.2, 0.25) is 0 Å². The Kier molecular flexibility index (Phi) is 127. The summed E-state index contributed by atoms with van der Waals surface area (Å²) in [6.45, 7) is 0. The van der Waals surface area contributed by atoms with Crippen LogP contribution in [0.3, 0.4) is 0 Å². The molecule has 0 aromatic rings. The van der Waals surface area contributed by atoms with Gasteiger partial charge in [0.15, 0.2) is 0 Å². The van der Waals surface area contributed by atoms with Gasteiger partial charge in [0.05, 0.1) is 0 Å². The van der Waals surface area contributed by atoms with Gasteiger partial charge in [-0.2, -0.15) is 0 Å². The van der Waals surface area contributed by atoms with Crippen molar-refractivity contribution in [2.45, 2.75) is 0 Å². The second-order valence-electron chi connectivity index (χ2n) is 0. The van der Waals surface area contributed by atoms with Gasteiger partial charge in [0.25, 0.3) is 0 Å². The van der Waals surface area contributed by atoms with E-state index in [2.05, 4.69) is 0 Å². The van der Waals surface area contributed by atoms with Gasteiger partial charge in [0, 0.05) is 84.8 Å². The van der Waals surface area contributed by atoms with Crippen LogP contribution in [0.15, 0.2) is 0 Å². The van der Waals surface area contributed by atoms with Gasteiger partial charge in [-0.1, -0.05) is 0 Å². The Balaban J connectivity index is 0. The van der Waals surface area contributed by atoms with E-state index < -0.39 is 0 Å². The maximum Gasteiger partial charge on any atom is 0 e. The first kappa shape index (κ1) is 29.6. The third kappa shape index (κ3) is 8.83. The zero-order valence-corrected chi connectivity index (χ0v) is 9.73. The van der Waals surface area contributed by atoms with Crippen molar-refractivity contribution < 1.29 is 34.1 Å². The first-order valence-electron chi connectivity index (χ1n) is 0. The molecule has 4 heavy (non-hydrogen) atoms. The maximum atomic E-state index is 0. The summed E-state index contributed by atoms with van der Waals surface area (Å²) in [6, 6.07) is 0. The van der Waals surface area contributed by atoms with Gasteiger partial charge in [0.1, 0.15) is 0 Å². The molecule has 0 heterocycles. The Labute approximate surface area is 83.4 Å². The topological polar surface area (TPSA) is 0 Å². The van der Waals surface area contributed by atoms with Crippen LogP contribution in [-0.2, 0) is 34.1 Å². The minimum absolute atomic E-state index is 0. The van der Waals surface area contributed by atoms with Crippen molar-refractivity contribution in [2.24, 2.45) is 0 Å². The van der Waals surface area contributed by atoms with Gasteiger partial charge < -0.3 is 0 Å². The molecule has 0 rings (SSSR count). The monoisotopic (exact) mass is 448 g/mol. The van der Waals surface area contributed by atoms with E-state index in [1.165, 1.54) is 0 Å². The van der Waals surface area contributed by atoms with Crippen LogP contribution in [0.4, 0.5) is 0 Å². The molecule has 0 N–H and O–H groups in total. The van der Waals surface area contributed by atoms with Gasteiger partial charge in [-0.25, -0.2) is 0 Å². The zero-order chi connectivity index (χ0) is 0. The fourth-order valence-electron chi connectivity index (χ4n) is 0. The van der Waals surface area contributed by atoms with E-state index >= 15 is 0 Å². The third-order valence-electron chi connectivity index (χ3n) is 0. The minimum atomic E-state index is 0. The van der Waals surface area contributed by atoms with Crippen LogP contribution in [0.1, 0.15) is 0 Å². The summed E-state index contributed by atoms with van der Waals surface area (Å²) >= 11 is 0. The standard InChI is InChI=1S/Bi.Cu.Mn.Sb. The van der Waals surface area contributed by atoms with E-state index in [4.69, 9.17) is 0 Å². The van der Waals surface area contributed by atoms with Gasteiger partial charge in [-0.3, -0.25) is 0 Å². The normalized spacial score (nSPS) is 0. The fourth-order valence-corrected chi connectivity index (χ4v) is 0. The Bertz CT molecular complexity index is 8.00. The molecule has 4 heteroatoms. The van der Waals surface area contributed by atoms with Gasteiger partial charge in [-0.05, 0) is 0 Å². The van der Waals surface area contributed by atoms with E-state index in [9.17, 15) is 0 Å². The number of hydrogen-bond donors (Lipinski definition) is 0. The molecule has 0 saturated carbocycles. The molecule has 0 aliphatic rings. The molecule has 0 aromatic heterocycles. The minimum Gasteiger partial charge on any atom is 0 e. The van der Waals surface area contributed by atoms with Crippen LogP contribution >= 0.6 is 0 Å². The summed E-state index contributed by atoms with van der Waals surface area (Å²) in [5, 5.41) is 0. The molecule has 0 unspecified atom stereocenters. The van der Waals surface area contributed by atoms with Gasteiger partial charge >= 0.3 is 0 Å². The van der Waals surface area contributed by atoms with Crippen LogP contribution in [0, 0.1) is 0 Å². The van der Waals surface area contributed by atoms with Crippen LogP contribution in [0.2, 0.25) is 0 Å². The second kappa shape index (κ2) is 17.2. The van der Waals surface area contributed by atoms with Crippen molar-refractivity contribution in [3.63, 3.8) is 0 Å². The second-order valence-corrected chi connectivity index (χ2v) is 0. The van der Waals surface area contributed by atoms with Crippen molar-refractivity contribution >= 4 is 50.6 Å². The first-order chi connectivity index (χ1) is 0. The van der Waals surface area contributed by atoms with E-state index in [0.717, 1.165) is 0 Å². The number of rotatable bonds is 0. The molecule has 0 fully saturated rings. The number of hydrogen-bond acceptors (Lipinski definition) is 0. The van der Waals surface area contributed by atoms with E-state index in [-0.39, 0.29) is 84.8 Å². The Morgan fingerprint density at radius 1 is 1.00 bits per heavy atom. The molecule has 0 atom stereocenters. The average molecular weight is 449 g/mol. The third-order valence-corrected chi connectivity index (χ3v) is 0. The molecule has 0 aliphatic carbocycles. The van der Waals surface area contributed by atoms with E-state index in [1.54, 1.807) is 0 Å². The smallest absolute Gasteiger partial charge is 0 e. The summed E-state index contributed by atoms with van der Waals surface area (Å²) in [7, 11) is 0. The summed E-state index contributed by atoms with van der Waals surface area (Å²) in [5.74, 6) is 0. The molecule has 0 aromatic carbocycles. The quantitative estimate of drug-likeness (QED) is 0.427. The SMILES string of the molecule is [Bi].[Cu].[Mn].[Sb]. The van der Waals surface area contributed by atoms with Crippen molar-refractivity contribution in [2.75, 3.05) is 0 Å². The van der Waals surface area contributed by atoms with Crippen LogP contribution < -0.4 is 0 Å². The summed E-state index contributed by atoms with van der Waals surface area (Å²) < 4.78 is 0. The molecule has 28 valence electrons. The van der Waals surface area contributed by atoms with Crippen molar-refractivity contribution in [1.82, 2.24) is 0 Å². The fraction of sp³-hybridized carbons (Fsp3) is 0.